The van der Waals surface area contributed by atoms with E-state index < -0.39 is 29.9 Å². The van der Waals surface area contributed by atoms with Crippen molar-refractivity contribution in [1.29, 1.82) is 0 Å². The minimum absolute atomic E-state index is 0.0238. The average Bonchev–Trinajstić information content (AvgIpc) is 2.89. The van der Waals surface area contributed by atoms with Crippen LogP contribution in [0.4, 0.5) is 11.4 Å². The van der Waals surface area contributed by atoms with E-state index in [0.717, 1.165) is 24.3 Å². The Bertz CT molecular complexity index is 1200. The Labute approximate surface area is 221 Å². The molecule has 1 aliphatic heterocycles. The van der Waals surface area contributed by atoms with Gasteiger partial charge in [0.1, 0.15) is 0 Å². The molecule has 1 saturated heterocycles. The maximum atomic E-state index is 13.2. The van der Waals surface area contributed by atoms with E-state index in [1.807, 2.05) is 0 Å². The van der Waals surface area contributed by atoms with Crippen molar-refractivity contribution in [3.05, 3.63) is 68.8 Å². The van der Waals surface area contributed by atoms with Crippen molar-refractivity contribution in [2.24, 2.45) is 0 Å². The molecule has 1 heterocycles. The Hall–Kier alpha value is -3.02. The van der Waals surface area contributed by atoms with Crippen molar-refractivity contribution in [2.75, 3.05) is 52.4 Å². The number of nitro benzene ring substituents is 2. The number of benzene rings is 2. The molecule has 1 aliphatic rings. The fourth-order valence-corrected chi connectivity index (χ4v) is 6.86. The van der Waals surface area contributed by atoms with Crippen LogP contribution in [0.3, 0.4) is 0 Å². The molecule has 0 bridgehead atoms. The third-order valence-corrected chi connectivity index (χ3v) is 9.79. The lowest BCUT2D eigenvalue weighted by Crippen LogP contribution is -2.41. The monoisotopic (exact) mass is 570 g/mol. The molecule has 0 aliphatic carbocycles. The first-order valence-electron chi connectivity index (χ1n) is 11.9. The quantitative estimate of drug-likeness (QED) is 0.377. The molecular formula is C22H30N6O8S2. The molecule has 3 rings (SSSR count). The summed E-state index contributed by atoms with van der Waals surface area (Å²) in [5.41, 5.74) is -0.388. The third kappa shape index (κ3) is 7.52. The Balaban J connectivity index is 1.64. The predicted octanol–water partition coefficient (Wildman–Crippen LogP) is 1.16. The van der Waals surface area contributed by atoms with Gasteiger partial charge in [-0.15, -0.1) is 0 Å². The molecular weight excluding hydrogens is 540 g/mol. The Kier molecular flexibility index (Phi) is 10.2. The second kappa shape index (κ2) is 13.2. The summed E-state index contributed by atoms with van der Waals surface area (Å²) in [6, 6.07) is 9.55. The number of nitro groups is 2. The average molecular weight is 571 g/mol. The van der Waals surface area contributed by atoms with Gasteiger partial charge in [0.05, 0.1) is 19.6 Å². The van der Waals surface area contributed by atoms with Crippen LogP contribution in [-0.4, -0.2) is 87.7 Å². The Morgan fingerprint density at radius 2 is 0.921 bits per heavy atom. The highest BCUT2D eigenvalue weighted by Gasteiger charge is 2.26. The molecule has 0 radical (unpaired) electrons. The molecule has 2 N–H and O–H groups in total. The lowest BCUT2D eigenvalue weighted by atomic mass is 10.3. The zero-order valence-electron chi connectivity index (χ0n) is 20.6. The van der Waals surface area contributed by atoms with E-state index in [1.54, 1.807) is 0 Å². The van der Waals surface area contributed by atoms with Crippen LogP contribution >= 0.6 is 0 Å². The normalized spacial score (nSPS) is 17.9. The van der Waals surface area contributed by atoms with Crippen molar-refractivity contribution >= 4 is 31.4 Å². The number of nitrogens with zero attached hydrogens (tertiary/aromatic N) is 4. The first kappa shape index (κ1) is 29.5. The van der Waals surface area contributed by atoms with Gasteiger partial charge in [0, 0.05) is 63.5 Å². The maximum absolute atomic E-state index is 13.2. The van der Waals surface area contributed by atoms with Crippen LogP contribution in [0, 0.1) is 20.2 Å². The molecule has 0 saturated carbocycles. The molecule has 38 heavy (non-hydrogen) atoms. The molecule has 0 spiro atoms. The second-order valence-electron chi connectivity index (χ2n) is 8.52. The fraction of sp³-hybridized carbons (Fsp3) is 0.455. The van der Waals surface area contributed by atoms with Crippen molar-refractivity contribution in [3.8, 4) is 0 Å². The van der Waals surface area contributed by atoms with Crippen LogP contribution in [-0.2, 0) is 20.0 Å². The lowest BCUT2D eigenvalue weighted by Gasteiger charge is -2.25. The van der Waals surface area contributed by atoms with Gasteiger partial charge in [0.15, 0.2) is 0 Å². The third-order valence-electron chi connectivity index (χ3n) is 5.97. The number of sulfonamides is 2. The van der Waals surface area contributed by atoms with Gasteiger partial charge in [-0.25, -0.2) is 16.8 Å². The first-order valence-corrected chi connectivity index (χ1v) is 14.8. The molecule has 0 atom stereocenters. The van der Waals surface area contributed by atoms with Crippen molar-refractivity contribution < 1.29 is 26.7 Å². The van der Waals surface area contributed by atoms with Gasteiger partial charge in [-0.3, -0.25) is 20.2 Å². The molecule has 2 aromatic rings. The highest BCUT2D eigenvalue weighted by Crippen LogP contribution is 2.21. The predicted molar refractivity (Wildman–Crippen MR) is 139 cm³/mol. The molecule has 1 fully saturated rings. The van der Waals surface area contributed by atoms with Crippen LogP contribution in [0.1, 0.15) is 12.8 Å². The topological polar surface area (TPSA) is 185 Å². The zero-order chi connectivity index (χ0) is 27.8. The van der Waals surface area contributed by atoms with Gasteiger partial charge >= 0.3 is 0 Å². The van der Waals surface area contributed by atoms with Gasteiger partial charge in [0.2, 0.25) is 20.0 Å². The summed E-state index contributed by atoms with van der Waals surface area (Å²) in [5.74, 6) is 0. The summed E-state index contributed by atoms with van der Waals surface area (Å²) in [5, 5.41) is 28.1. The molecule has 0 aromatic heterocycles. The molecule has 16 heteroatoms. The van der Waals surface area contributed by atoms with E-state index in [9.17, 15) is 37.1 Å². The van der Waals surface area contributed by atoms with Gasteiger partial charge in [-0.1, -0.05) is 0 Å². The van der Waals surface area contributed by atoms with Gasteiger partial charge < -0.3 is 10.6 Å². The van der Waals surface area contributed by atoms with Crippen LogP contribution < -0.4 is 10.6 Å². The molecule has 2 aromatic carbocycles. The van der Waals surface area contributed by atoms with Crippen LogP contribution in [0.5, 0.6) is 0 Å². The number of rotatable bonds is 6. The van der Waals surface area contributed by atoms with Gasteiger partial charge in [0.25, 0.3) is 11.4 Å². The summed E-state index contributed by atoms with van der Waals surface area (Å²) >= 11 is 0. The molecule has 208 valence electrons. The van der Waals surface area contributed by atoms with Gasteiger partial charge in [-0.05, 0) is 50.2 Å². The minimum atomic E-state index is -3.86. The van der Waals surface area contributed by atoms with Crippen LogP contribution in [0.15, 0.2) is 58.3 Å². The molecule has 0 amide bonds. The molecule has 14 nitrogen and oxygen atoms in total. The minimum Gasteiger partial charge on any atom is -0.315 e. The van der Waals surface area contributed by atoms with E-state index in [1.165, 1.54) is 32.9 Å². The highest BCUT2D eigenvalue weighted by atomic mass is 32.2. The summed E-state index contributed by atoms with van der Waals surface area (Å²) in [7, 11) is -7.73. The van der Waals surface area contributed by atoms with Crippen LogP contribution in [0.25, 0.3) is 0 Å². The van der Waals surface area contributed by atoms with Gasteiger partial charge in [-0.2, -0.15) is 8.61 Å². The van der Waals surface area contributed by atoms with Crippen molar-refractivity contribution in [1.82, 2.24) is 19.2 Å². The van der Waals surface area contributed by atoms with Crippen molar-refractivity contribution in [3.63, 3.8) is 0 Å². The number of hydrogen-bond acceptors (Lipinski definition) is 10. The largest absolute Gasteiger partial charge is 0.315 e. The van der Waals surface area contributed by atoms with E-state index in [2.05, 4.69) is 10.6 Å². The van der Waals surface area contributed by atoms with E-state index >= 15 is 0 Å². The first-order chi connectivity index (χ1) is 18.0. The molecule has 0 unspecified atom stereocenters. The van der Waals surface area contributed by atoms with E-state index in [0.29, 0.717) is 39.0 Å². The Morgan fingerprint density at radius 1 is 0.579 bits per heavy atom. The summed E-state index contributed by atoms with van der Waals surface area (Å²) in [4.78, 5) is 20.5. The standard InChI is InChI=1S/C22H30N6O8S2/c29-27(30)19-3-7-21(8-4-19)37(33,34)25-15-1-11-23-13-18-26(16-2-12-24-14-17-25)38(35,36)22-9-5-20(6-10-22)28(31)32/h3-10,23-24H,1-2,11-18H2. The van der Waals surface area contributed by atoms with Crippen LogP contribution in [0.2, 0.25) is 0 Å². The lowest BCUT2D eigenvalue weighted by molar-refractivity contribution is -0.385. The SMILES string of the molecule is O=[N+]([O-])c1ccc(S(=O)(=O)N2CCCNCCN(S(=O)(=O)c3ccc([N+](=O)[O-])cc3)CCCNCC2)cc1. The smallest absolute Gasteiger partial charge is 0.269 e. The maximum Gasteiger partial charge on any atom is 0.269 e. The summed E-state index contributed by atoms with van der Waals surface area (Å²) < 4.78 is 55.3. The second-order valence-corrected chi connectivity index (χ2v) is 12.4. The van der Waals surface area contributed by atoms with E-state index in [4.69, 9.17) is 0 Å². The zero-order valence-corrected chi connectivity index (χ0v) is 22.2. The number of nitrogens with one attached hydrogen (secondary N) is 2. The summed E-state index contributed by atoms with van der Waals surface area (Å²) in [6.07, 6.45) is 0.919. The fourth-order valence-electron chi connectivity index (χ4n) is 3.90. The Morgan fingerprint density at radius 3 is 1.24 bits per heavy atom. The number of non-ortho nitro benzene ring substituents is 2. The number of hydrogen-bond donors (Lipinski definition) is 2. The van der Waals surface area contributed by atoms with E-state index in [-0.39, 0.29) is 47.3 Å². The highest BCUT2D eigenvalue weighted by molar-refractivity contribution is 7.89. The summed E-state index contributed by atoms with van der Waals surface area (Å²) in [6.45, 7) is 2.28. The van der Waals surface area contributed by atoms with Crippen molar-refractivity contribution in [2.45, 2.75) is 22.6 Å².